The van der Waals surface area contributed by atoms with E-state index in [2.05, 4.69) is 0 Å². The Morgan fingerprint density at radius 2 is 1.69 bits per heavy atom. The highest BCUT2D eigenvalue weighted by Crippen LogP contribution is 2.54. The van der Waals surface area contributed by atoms with E-state index in [1.807, 2.05) is 59.5 Å². The van der Waals surface area contributed by atoms with E-state index < -0.39 is 29.6 Å². The summed E-state index contributed by atoms with van der Waals surface area (Å²) >= 11 is 0. The third-order valence-electron chi connectivity index (χ3n) is 9.33. The van der Waals surface area contributed by atoms with Gasteiger partial charge in [0.05, 0.1) is 17.9 Å². The van der Waals surface area contributed by atoms with E-state index in [1.54, 1.807) is 9.80 Å². The molecule has 6 rings (SSSR count). The molecule has 1 unspecified atom stereocenters. The number of hydrogen-bond acceptors (Lipinski definition) is 5. The quantitative estimate of drug-likeness (QED) is 0.430. The zero-order valence-electron chi connectivity index (χ0n) is 22.5. The van der Waals surface area contributed by atoms with Crippen LogP contribution in [0.2, 0.25) is 0 Å². The number of carbonyl (C=O) groups is 3. The smallest absolute Gasteiger partial charge is 0.249 e. The number of ether oxygens (including phenoxy) is 1. The average Bonchev–Trinajstić information content (AvgIpc) is 3.27. The number of amides is 3. The van der Waals surface area contributed by atoms with Gasteiger partial charge in [-0.3, -0.25) is 14.4 Å². The number of aliphatic hydroxyl groups excluding tert-OH is 1. The Hall–Kier alpha value is -2.97. The predicted octanol–water partition coefficient (Wildman–Crippen LogP) is 3.06. The first-order valence-corrected chi connectivity index (χ1v) is 14.7. The minimum Gasteiger partial charge on any atom is -0.396 e. The maximum Gasteiger partial charge on any atom is 0.249 e. The molecule has 8 heteroatoms. The lowest BCUT2D eigenvalue weighted by molar-refractivity contribution is -0.149. The summed E-state index contributed by atoms with van der Waals surface area (Å²) in [5, 5.41) is 9.27. The SMILES string of the molecule is O=C1[C@@H]2[C@H](C=CCN1c1ccccc1)O[C@]13C=CCN(C4CCCCC4)C(=O)C1N(CCCCCO)C(=O)[C@H]23. The van der Waals surface area contributed by atoms with Crippen molar-refractivity contribution in [1.82, 2.24) is 9.80 Å². The third-order valence-corrected chi connectivity index (χ3v) is 9.33. The summed E-state index contributed by atoms with van der Waals surface area (Å²) in [7, 11) is 0. The van der Waals surface area contributed by atoms with Crippen LogP contribution in [0, 0.1) is 11.8 Å². The van der Waals surface area contributed by atoms with Gasteiger partial charge in [-0.1, -0.05) is 61.8 Å². The van der Waals surface area contributed by atoms with E-state index in [9.17, 15) is 19.5 Å². The molecule has 4 heterocycles. The van der Waals surface area contributed by atoms with E-state index in [-0.39, 0.29) is 30.4 Å². The normalized spacial score (nSPS) is 32.7. The van der Waals surface area contributed by atoms with E-state index in [1.165, 1.54) is 6.42 Å². The van der Waals surface area contributed by atoms with Crippen molar-refractivity contribution in [2.45, 2.75) is 75.2 Å². The average molecular weight is 534 g/mol. The molecule has 5 aliphatic rings. The number of benzene rings is 1. The van der Waals surface area contributed by atoms with E-state index in [0.717, 1.165) is 37.8 Å². The van der Waals surface area contributed by atoms with Crippen LogP contribution in [0.15, 0.2) is 54.6 Å². The van der Waals surface area contributed by atoms with Crippen LogP contribution in [0.1, 0.15) is 51.4 Å². The molecule has 8 nitrogen and oxygen atoms in total. The second-order valence-electron chi connectivity index (χ2n) is 11.6. The van der Waals surface area contributed by atoms with Gasteiger partial charge in [0.15, 0.2) is 0 Å². The molecule has 2 saturated heterocycles. The number of nitrogens with zero attached hydrogens (tertiary/aromatic N) is 3. The van der Waals surface area contributed by atoms with E-state index in [0.29, 0.717) is 32.5 Å². The molecule has 1 N–H and O–H groups in total. The van der Waals surface area contributed by atoms with Crippen LogP contribution in [0.4, 0.5) is 5.69 Å². The van der Waals surface area contributed by atoms with Crippen molar-refractivity contribution in [3.8, 4) is 0 Å². The van der Waals surface area contributed by atoms with Gasteiger partial charge < -0.3 is 24.5 Å². The van der Waals surface area contributed by atoms with Crippen LogP contribution in [0.25, 0.3) is 0 Å². The van der Waals surface area contributed by atoms with Crippen molar-refractivity contribution in [2.24, 2.45) is 11.8 Å². The number of fused-ring (bicyclic) bond motifs is 2. The monoisotopic (exact) mass is 533 g/mol. The molecule has 3 amide bonds. The Balaban J connectivity index is 1.38. The fourth-order valence-corrected chi connectivity index (χ4v) is 7.53. The standard InChI is InChI=1S/C31H39N3O5/c35-21-9-3-8-18-34-27-30(38)33(23-14-6-2-7-15-23)20-11-17-31(27)26(29(34)37)25-24(39-31)16-10-19-32(28(25)36)22-12-4-1-5-13-22/h1,4-5,10-13,16-17,23-27,35H,2-3,6-9,14-15,18-21H2/t24-,25+,26-,27?,31-/m0/s1. The topological polar surface area (TPSA) is 90.4 Å². The first-order chi connectivity index (χ1) is 19.1. The number of likely N-dealkylation sites (tertiary alicyclic amines) is 1. The van der Waals surface area contributed by atoms with Gasteiger partial charge in [-0.2, -0.15) is 0 Å². The minimum absolute atomic E-state index is 0.0577. The summed E-state index contributed by atoms with van der Waals surface area (Å²) in [5.41, 5.74) is -0.392. The number of para-hydroxylation sites is 1. The van der Waals surface area contributed by atoms with Crippen molar-refractivity contribution in [3.05, 3.63) is 54.6 Å². The Kier molecular flexibility index (Phi) is 7.33. The van der Waals surface area contributed by atoms with Gasteiger partial charge in [0.2, 0.25) is 17.7 Å². The zero-order valence-corrected chi connectivity index (χ0v) is 22.5. The number of rotatable bonds is 7. The van der Waals surface area contributed by atoms with Crippen LogP contribution in [0.3, 0.4) is 0 Å². The highest BCUT2D eigenvalue weighted by Gasteiger charge is 2.71. The predicted molar refractivity (Wildman–Crippen MR) is 147 cm³/mol. The molecule has 5 atom stereocenters. The molecule has 0 bridgehead atoms. The molecule has 208 valence electrons. The lowest BCUT2D eigenvalue weighted by Crippen LogP contribution is -2.57. The van der Waals surface area contributed by atoms with Gasteiger partial charge >= 0.3 is 0 Å². The molecule has 39 heavy (non-hydrogen) atoms. The molecule has 4 aliphatic heterocycles. The van der Waals surface area contributed by atoms with Crippen LogP contribution in [-0.4, -0.2) is 82.7 Å². The second kappa shape index (κ2) is 10.9. The molecule has 1 aliphatic carbocycles. The largest absolute Gasteiger partial charge is 0.396 e. The van der Waals surface area contributed by atoms with Crippen LogP contribution >= 0.6 is 0 Å². The van der Waals surface area contributed by atoms with Gasteiger partial charge in [0, 0.05) is 38.0 Å². The molecular formula is C31H39N3O5. The molecule has 1 saturated carbocycles. The third kappa shape index (κ3) is 4.42. The van der Waals surface area contributed by atoms with E-state index in [4.69, 9.17) is 4.74 Å². The van der Waals surface area contributed by atoms with E-state index >= 15 is 0 Å². The van der Waals surface area contributed by atoms with Gasteiger partial charge in [-0.15, -0.1) is 0 Å². The first-order valence-electron chi connectivity index (χ1n) is 14.7. The van der Waals surface area contributed by atoms with Gasteiger partial charge in [0.1, 0.15) is 11.6 Å². The number of hydrogen-bond donors (Lipinski definition) is 1. The van der Waals surface area contributed by atoms with Gasteiger partial charge in [-0.05, 0) is 44.2 Å². The van der Waals surface area contributed by atoms with Crippen molar-refractivity contribution in [3.63, 3.8) is 0 Å². The highest BCUT2D eigenvalue weighted by molar-refractivity contribution is 6.03. The van der Waals surface area contributed by atoms with Crippen molar-refractivity contribution in [2.75, 3.05) is 31.1 Å². The summed E-state index contributed by atoms with van der Waals surface area (Å²) < 4.78 is 6.76. The molecule has 0 radical (unpaired) electrons. The first kappa shape index (κ1) is 26.3. The maximum atomic E-state index is 14.4. The number of unbranched alkanes of at least 4 members (excludes halogenated alkanes) is 2. The van der Waals surface area contributed by atoms with Crippen LogP contribution < -0.4 is 4.90 Å². The minimum atomic E-state index is -1.18. The van der Waals surface area contributed by atoms with Gasteiger partial charge in [0.25, 0.3) is 0 Å². The fraction of sp³-hybridized carbons (Fsp3) is 0.581. The highest BCUT2D eigenvalue weighted by atomic mass is 16.5. The summed E-state index contributed by atoms with van der Waals surface area (Å²) in [6, 6.07) is 8.90. The zero-order chi connectivity index (χ0) is 27.0. The van der Waals surface area contributed by atoms with Crippen molar-refractivity contribution >= 4 is 23.4 Å². The Bertz CT molecular complexity index is 1150. The Labute approximate surface area is 230 Å². The lowest BCUT2D eigenvalue weighted by Gasteiger charge is -2.39. The Morgan fingerprint density at radius 1 is 0.897 bits per heavy atom. The summed E-state index contributed by atoms with van der Waals surface area (Å²) in [6.07, 6.45) is 14.7. The fourth-order valence-electron chi connectivity index (χ4n) is 7.53. The van der Waals surface area contributed by atoms with Crippen molar-refractivity contribution < 1.29 is 24.2 Å². The molecule has 1 spiro atoms. The van der Waals surface area contributed by atoms with Crippen LogP contribution in [0.5, 0.6) is 0 Å². The molecular weight excluding hydrogens is 494 g/mol. The number of anilines is 1. The molecule has 1 aromatic rings. The summed E-state index contributed by atoms with van der Waals surface area (Å²) in [4.78, 5) is 48.3. The number of aliphatic hydroxyl groups is 1. The molecule has 3 fully saturated rings. The van der Waals surface area contributed by atoms with Crippen LogP contribution in [-0.2, 0) is 19.1 Å². The summed E-state index contributed by atoms with van der Waals surface area (Å²) in [5.74, 6) is -1.84. The Morgan fingerprint density at radius 3 is 2.46 bits per heavy atom. The number of carbonyl (C=O) groups excluding carboxylic acids is 3. The maximum absolute atomic E-state index is 14.4. The summed E-state index contributed by atoms with van der Waals surface area (Å²) in [6.45, 7) is 1.42. The second-order valence-corrected chi connectivity index (χ2v) is 11.6. The molecule has 1 aromatic carbocycles. The van der Waals surface area contributed by atoms with Gasteiger partial charge in [-0.25, -0.2) is 0 Å². The van der Waals surface area contributed by atoms with Crippen molar-refractivity contribution in [1.29, 1.82) is 0 Å². The lowest BCUT2D eigenvalue weighted by atomic mass is 9.77. The molecule has 0 aromatic heterocycles.